The number of hydrogen-bond acceptors (Lipinski definition) is 3. The molecule has 0 radical (unpaired) electrons. The van der Waals surface area contributed by atoms with Crippen LogP contribution in [0, 0.1) is 5.82 Å². The van der Waals surface area contributed by atoms with E-state index in [1.54, 1.807) is 0 Å². The van der Waals surface area contributed by atoms with Crippen LogP contribution in [0.1, 0.15) is 19.3 Å². The van der Waals surface area contributed by atoms with E-state index in [0.29, 0.717) is 13.1 Å². The molecule has 1 aliphatic rings. The molecular formula is C12H17FN2O2S. The van der Waals surface area contributed by atoms with Gasteiger partial charge in [-0.25, -0.2) is 12.8 Å². The lowest BCUT2D eigenvalue weighted by atomic mass is 10.1. The summed E-state index contributed by atoms with van der Waals surface area (Å²) in [7, 11) is -3.55. The Hall–Kier alpha value is -0.980. The fourth-order valence-corrected chi connectivity index (χ4v) is 3.97. The van der Waals surface area contributed by atoms with Crippen molar-refractivity contribution < 1.29 is 12.8 Å². The number of rotatable bonds is 3. The molecule has 1 heterocycles. The molecule has 1 aromatic carbocycles. The summed E-state index contributed by atoms with van der Waals surface area (Å²) >= 11 is 0. The molecule has 0 saturated carbocycles. The second-order valence-electron chi connectivity index (χ2n) is 4.45. The van der Waals surface area contributed by atoms with Crippen LogP contribution in [0.4, 0.5) is 4.39 Å². The molecule has 0 amide bonds. The number of sulfonamides is 1. The van der Waals surface area contributed by atoms with Gasteiger partial charge in [0.05, 0.1) is 4.90 Å². The first-order valence-corrected chi connectivity index (χ1v) is 7.47. The molecule has 1 aliphatic heterocycles. The monoisotopic (exact) mass is 272 g/mol. The van der Waals surface area contributed by atoms with Crippen LogP contribution in [0.3, 0.4) is 0 Å². The van der Waals surface area contributed by atoms with E-state index in [0.717, 1.165) is 31.4 Å². The predicted molar refractivity (Wildman–Crippen MR) is 67.0 cm³/mol. The lowest BCUT2D eigenvalue weighted by Gasteiger charge is -2.33. The maximum atomic E-state index is 12.8. The highest BCUT2D eigenvalue weighted by Crippen LogP contribution is 2.24. The Morgan fingerprint density at radius 1 is 1.28 bits per heavy atom. The van der Waals surface area contributed by atoms with Gasteiger partial charge in [0.2, 0.25) is 10.0 Å². The maximum absolute atomic E-state index is 12.8. The molecule has 2 rings (SSSR count). The van der Waals surface area contributed by atoms with E-state index in [1.807, 2.05) is 0 Å². The average Bonchev–Trinajstić information content (AvgIpc) is 2.39. The Morgan fingerprint density at radius 3 is 2.56 bits per heavy atom. The van der Waals surface area contributed by atoms with Crippen LogP contribution < -0.4 is 5.73 Å². The summed E-state index contributed by atoms with van der Waals surface area (Å²) in [6.45, 7) is 0.808. The zero-order valence-corrected chi connectivity index (χ0v) is 10.9. The SMILES string of the molecule is NCC1CCCCN1S(=O)(=O)c1ccc(F)cc1. The van der Waals surface area contributed by atoms with Gasteiger partial charge in [-0.1, -0.05) is 6.42 Å². The van der Waals surface area contributed by atoms with Gasteiger partial charge in [0.25, 0.3) is 0 Å². The summed E-state index contributed by atoms with van der Waals surface area (Å²) in [5.74, 6) is -0.442. The minimum atomic E-state index is -3.55. The number of piperidine rings is 1. The maximum Gasteiger partial charge on any atom is 0.243 e. The highest BCUT2D eigenvalue weighted by molar-refractivity contribution is 7.89. The fraction of sp³-hybridized carbons (Fsp3) is 0.500. The molecule has 1 fully saturated rings. The zero-order chi connectivity index (χ0) is 13.2. The van der Waals surface area contributed by atoms with Gasteiger partial charge >= 0.3 is 0 Å². The molecule has 100 valence electrons. The molecule has 1 aromatic rings. The second-order valence-corrected chi connectivity index (χ2v) is 6.35. The second kappa shape index (κ2) is 5.34. The van der Waals surface area contributed by atoms with Crippen molar-refractivity contribution in [3.8, 4) is 0 Å². The van der Waals surface area contributed by atoms with E-state index < -0.39 is 15.8 Å². The van der Waals surface area contributed by atoms with Crippen molar-refractivity contribution in [1.29, 1.82) is 0 Å². The third kappa shape index (κ3) is 2.55. The molecule has 6 heteroatoms. The first-order chi connectivity index (χ1) is 8.55. The molecule has 18 heavy (non-hydrogen) atoms. The van der Waals surface area contributed by atoms with Crippen molar-refractivity contribution in [1.82, 2.24) is 4.31 Å². The van der Waals surface area contributed by atoms with Gasteiger partial charge in [-0.15, -0.1) is 0 Å². The molecule has 0 spiro atoms. The highest BCUT2D eigenvalue weighted by Gasteiger charge is 2.32. The number of benzene rings is 1. The summed E-state index contributed by atoms with van der Waals surface area (Å²) in [5, 5.41) is 0. The summed E-state index contributed by atoms with van der Waals surface area (Å²) in [5.41, 5.74) is 5.63. The Balaban J connectivity index is 2.32. The molecule has 2 N–H and O–H groups in total. The molecule has 1 atom stereocenters. The lowest BCUT2D eigenvalue weighted by Crippen LogP contribution is -2.47. The van der Waals surface area contributed by atoms with Gasteiger partial charge < -0.3 is 5.73 Å². The van der Waals surface area contributed by atoms with Gasteiger partial charge in [0.1, 0.15) is 5.82 Å². The van der Waals surface area contributed by atoms with Gasteiger partial charge in [0.15, 0.2) is 0 Å². The third-order valence-electron chi connectivity index (χ3n) is 3.27. The van der Waals surface area contributed by atoms with Crippen LogP contribution in [0.2, 0.25) is 0 Å². The Bertz CT molecular complexity index is 501. The largest absolute Gasteiger partial charge is 0.329 e. The van der Waals surface area contributed by atoms with E-state index in [4.69, 9.17) is 5.73 Å². The standard InChI is InChI=1S/C12H17FN2O2S/c13-10-4-6-12(7-5-10)18(16,17)15-8-2-1-3-11(15)9-14/h4-7,11H,1-3,8-9,14H2. The van der Waals surface area contributed by atoms with Crippen molar-refractivity contribution in [3.05, 3.63) is 30.1 Å². The molecule has 4 nitrogen and oxygen atoms in total. The number of hydrogen-bond donors (Lipinski definition) is 1. The Kier molecular flexibility index (Phi) is 3.99. The smallest absolute Gasteiger partial charge is 0.243 e. The minimum absolute atomic E-state index is 0.129. The summed E-state index contributed by atoms with van der Waals surface area (Å²) in [6.07, 6.45) is 2.63. The van der Waals surface area contributed by atoms with Gasteiger partial charge in [-0.3, -0.25) is 0 Å². The Labute approximate surface area is 107 Å². The first kappa shape index (κ1) is 13.5. The lowest BCUT2D eigenvalue weighted by molar-refractivity contribution is 0.257. The molecular weight excluding hydrogens is 255 g/mol. The molecule has 1 saturated heterocycles. The average molecular weight is 272 g/mol. The number of nitrogens with two attached hydrogens (primary N) is 1. The molecule has 0 aliphatic carbocycles. The van der Waals surface area contributed by atoms with E-state index in [-0.39, 0.29) is 10.9 Å². The van der Waals surface area contributed by atoms with Gasteiger partial charge in [0, 0.05) is 19.1 Å². The molecule has 1 unspecified atom stereocenters. The summed E-state index contributed by atoms with van der Waals surface area (Å²) < 4.78 is 39.1. The van der Waals surface area contributed by atoms with Crippen LogP contribution in [0.15, 0.2) is 29.2 Å². The van der Waals surface area contributed by atoms with Crippen molar-refractivity contribution in [3.63, 3.8) is 0 Å². The molecule has 0 bridgehead atoms. The summed E-state index contributed by atoms with van der Waals surface area (Å²) in [6, 6.07) is 4.77. The van der Waals surface area contributed by atoms with E-state index in [1.165, 1.54) is 16.4 Å². The van der Waals surface area contributed by atoms with Crippen LogP contribution in [-0.4, -0.2) is 31.9 Å². The third-order valence-corrected chi connectivity index (χ3v) is 5.23. The first-order valence-electron chi connectivity index (χ1n) is 6.03. The molecule has 0 aromatic heterocycles. The van der Waals surface area contributed by atoms with Crippen LogP contribution in [0.5, 0.6) is 0 Å². The normalized spacial score (nSPS) is 22.0. The topological polar surface area (TPSA) is 63.4 Å². The van der Waals surface area contributed by atoms with Crippen LogP contribution in [0.25, 0.3) is 0 Å². The van der Waals surface area contributed by atoms with Crippen molar-refractivity contribution in [2.75, 3.05) is 13.1 Å². The Morgan fingerprint density at radius 2 is 1.94 bits per heavy atom. The highest BCUT2D eigenvalue weighted by atomic mass is 32.2. The van der Waals surface area contributed by atoms with E-state index in [2.05, 4.69) is 0 Å². The van der Waals surface area contributed by atoms with Crippen molar-refractivity contribution in [2.45, 2.75) is 30.2 Å². The van der Waals surface area contributed by atoms with Gasteiger partial charge in [-0.2, -0.15) is 4.31 Å². The van der Waals surface area contributed by atoms with E-state index >= 15 is 0 Å². The van der Waals surface area contributed by atoms with Crippen molar-refractivity contribution in [2.24, 2.45) is 5.73 Å². The zero-order valence-electron chi connectivity index (χ0n) is 10.0. The van der Waals surface area contributed by atoms with Crippen LogP contribution in [-0.2, 0) is 10.0 Å². The fourth-order valence-electron chi connectivity index (χ4n) is 2.27. The van der Waals surface area contributed by atoms with Crippen LogP contribution >= 0.6 is 0 Å². The van der Waals surface area contributed by atoms with Crippen molar-refractivity contribution >= 4 is 10.0 Å². The predicted octanol–water partition coefficient (Wildman–Crippen LogP) is 1.33. The number of nitrogens with zero attached hydrogens (tertiary/aromatic N) is 1. The van der Waals surface area contributed by atoms with Gasteiger partial charge in [-0.05, 0) is 37.1 Å². The summed E-state index contributed by atoms with van der Waals surface area (Å²) in [4.78, 5) is 0.129. The van der Waals surface area contributed by atoms with E-state index in [9.17, 15) is 12.8 Å². The number of halogens is 1. The minimum Gasteiger partial charge on any atom is -0.329 e. The quantitative estimate of drug-likeness (QED) is 0.903.